The molecule has 2 aromatic rings. The van der Waals surface area contributed by atoms with E-state index in [0.717, 1.165) is 16.7 Å². The van der Waals surface area contributed by atoms with Crippen LogP contribution in [0.4, 0.5) is 0 Å². The Bertz CT molecular complexity index is 569. The first-order chi connectivity index (χ1) is 9.51. The van der Waals surface area contributed by atoms with Gasteiger partial charge in [0.2, 0.25) is 0 Å². The standard InChI is InChI=1S/C16H22N2OS/c1-10-6-11(2)15(12(3)7-10)14(17-5)9-20-16-18-13(4)8-19-16/h6-8,14,17H,9H2,1-5H3. The molecule has 0 aliphatic rings. The number of nitrogens with one attached hydrogen (secondary N) is 1. The zero-order chi connectivity index (χ0) is 14.7. The van der Waals surface area contributed by atoms with Gasteiger partial charge in [-0.2, -0.15) is 0 Å². The smallest absolute Gasteiger partial charge is 0.255 e. The number of rotatable bonds is 5. The van der Waals surface area contributed by atoms with Crippen LogP contribution in [0.5, 0.6) is 0 Å². The van der Waals surface area contributed by atoms with Gasteiger partial charge in [-0.25, -0.2) is 4.98 Å². The Kier molecular flexibility index (Phi) is 4.89. The van der Waals surface area contributed by atoms with E-state index in [-0.39, 0.29) is 0 Å². The first kappa shape index (κ1) is 15.1. The number of thioether (sulfide) groups is 1. The van der Waals surface area contributed by atoms with E-state index in [1.807, 2.05) is 14.0 Å². The lowest BCUT2D eigenvalue weighted by Gasteiger charge is -2.21. The van der Waals surface area contributed by atoms with Gasteiger partial charge >= 0.3 is 0 Å². The zero-order valence-electron chi connectivity index (χ0n) is 12.8. The maximum Gasteiger partial charge on any atom is 0.255 e. The molecule has 108 valence electrons. The van der Waals surface area contributed by atoms with Gasteiger partial charge in [0.1, 0.15) is 6.26 Å². The summed E-state index contributed by atoms with van der Waals surface area (Å²) in [7, 11) is 2.00. The second-order valence-corrected chi connectivity index (χ2v) is 6.19. The van der Waals surface area contributed by atoms with Gasteiger partial charge in [-0.15, -0.1) is 0 Å². The molecule has 0 amide bonds. The van der Waals surface area contributed by atoms with Crippen molar-refractivity contribution in [1.29, 1.82) is 0 Å². The molecule has 1 aromatic carbocycles. The molecule has 0 aliphatic heterocycles. The summed E-state index contributed by atoms with van der Waals surface area (Å²) >= 11 is 1.65. The van der Waals surface area contributed by atoms with Crippen molar-refractivity contribution in [2.45, 2.75) is 39.0 Å². The minimum Gasteiger partial charge on any atom is -0.440 e. The number of oxazole rings is 1. The van der Waals surface area contributed by atoms with E-state index >= 15 is 0 Å². The average molecular weight is 290 g/mol. The summed E-state index contributed by atoms with van der Waals surface area (Å²) < 4.78 is 5.40. The van der Waals surface area contributed by atoms with Crippen molar-refractivity contribution in [1.82, 2.24) is 10.3 Å². The van der Waals surface area contributed by atoms with Crippen LogP contribution < -0.4 is 5.32 Å². The average Bonchev–Trinajstić information content (AvgIpc) is 2.78. The van der Waals surface area contributed by atoms with Gasteiger partial charge < -0.3 is 9.73 Å². The van der Waals surface area contributed by atoms with Gasteiger partial charge in [-0.05, 0) is 51.4 Å². The third-order valence-electron chi connectivity index (χ3n) is 3.41. The quantitative estimate of drug-likeness (QED) is 0.846. The second kappa shape index (κ2) is 6.46. The van der Waals surface area contributed by atoms with E-state index in [4.69, 9.17) is 4.42 Å². The van der Waals surface area contributed by atoms with Crippen LogP contribution in [-0.2, 0) is 0 Å². The van der Waals surface area contributed by atoms with Crippen molar-refractivity contribution < 1.29 is 4.42 Å². The molecule has 0 bridgehead atoms. The Morgan fingerprint density at radius 2 is 1.85 bits per heavy atom. The largest absolute Gasteiger partial charge is 0.440 e. The third-order valence-corrected chi connectivity index (χ3v) is 4.34. The fourth-order valence-corrected chi connectivity index (χ4v) is 3.57. The van der Waals surface area contributed by atoms with Gasteiger partial charge in [-0.3, -0.25) is 0 Å². The predicted octanol–water partition coefficient (Wildman–Crippen LogP) is 3.96. The third kappa shape index (κ3) is 3.44. The van der Waals surface area contributed by atoms with E-state index < -0.39 is 0 Å². The molecule has 0 radical (unpaired) electrons. The van der Waals surface area contributed by atoms with Gasteiger partial charge in [0.25, 0.3) is 5.22 Å². The maximum atomic E-state index is 5.40. The molecule has 1 atom stereocenters. The predicted molar refractivity (Wildman–Crippen MR) is 84.4 cm³/mol. The molecule has 0 aliphatic carbocycles. The Balaban J connectivity index is 2.16. The van der Waals surface area contributed by atoms with Gasteiger partial charge in [-0.1, -0.05) is 29.5 Å². The van der Waals surface area contributed by atoms with Crippen LogP contribution in [0.15, 0.2) is 28.0 Å². The minimum atomic E-state index is 0.299. The summed E-state index contributed by atoms with van der Waals surface area (Å²) in [6.45, 7) is 8.44. The lowest BCUT2D eigenvalue weighted by molar-refractivity contribution is 0.453. The summed E-state index contributed by atoms with van der Waals surface area (Å²) in [5.74, 6) is 0.904. The van der Waals surface area contributed by atoms with E-state index in [2.05, 4.69) is 43.2 Å². The van der Waals surface area contributed by atoms with Crippen LogP contribution in [-0.4, -0.2) is 17.8 Å². The number of hydrogen-bond donors (Lipinski definition) is 1. The Hall–Kier alpha value is -1.26. The molecule has 1 N–H and O–H groups in total. The summed E-state index contributed by atoms with van der Waals surface area (Å²) in [5.41, 5.74) is 6.30. The molecule has 0 saturated heterocycles. The lowest BCUT2D eigenvalue weighted by Crippen LogP contribution is -2.21. The Labute approximate surface area is 125 Å². The molecule has 1 heterocycles. The zero-order valence-corrected chi connectivity index (χ0v) is 13.6. The lowest BCUT2D eigenvalue weighted by atomic mass is 9.95. The van der Waals surface area contributed by atoms with E-state index in [1.165, 1.54) is 22.3 Å². The number of nitrogens with zero attached hydrogens (tertiary/aromatic N) is 1. The van der Waals surface area contributed by atoms with Gasteiger partial charge in [0, 0.05) is 11.8 Å². The van der Waals surface area contributed by atoms with Crippen LogP contribution in [0.1, 0.15) is 34.0 Å². The van der Waals surface area contributed by atoms with Gasteiger partial charge in [0.15, 0.2) is 0 Å². The molecule has 2 rings (SSSR count). The van der Waals surface area contributed by atoms with Crippen molar-refractivity contribution >= 4 is 11.8 Å². The van der Waals surface area contributed by atoms with Crippen LogP contribution >= 0.6 is 11.8 Å². The molecule has 20 heavy (non-hydrogen) atoms. The summed E-state index contributed by atoms with van der Waals surface area (Å²) in [6.07, 6.45) is 1.69. The van der Waals surface area contributed by atoms with Crippen LogP contribution in [0.25, 0.3) is 0 Å². The van der Waals surface area contributed by atoms with Crippen LogP contribution in [0.2, 0.25) is 0 Å². The fraction of sp³-hybridized carbons (Fsp3) is 0.438. The fourth-order valence-electron chi connectivity index (χ4n) is 2.61. The highest BCUT2D eigenvalue weighted by molar-refractivity contribution is 7.99. The van der Waals surface area contributed by atoms with Crippen molar-refractivity contribution in [3.8, 4) is 0 Å². The SMILES string of the molecule is CNC(CSc1nc(C)co1)c1c(C)cc(C)cc1C. The second-order valence-electron chi connectivity index (χ2n) is 5.22. The van der Waals surface area contributed by atoms with E-state index in [0.29, 0.717) is 6.04 Å². The molecule has 0 spiro atoms. The number of aromatic nitrogens is 1. The topological polar surface area (TPSA) is 38.1 Å². The molecule has 3 nitrogen and oxygen atoms in total. The minimum absolute atomic E-state index is 0.299. The van der Waals surface area contributed by atoms with Crippen molar-refractivity contribution in [3.05, 3.63) is 46.3 Å². The summed E-state index contributed by atoms with van der Waals surface area (Å²) in [4.78, 5) is 4.34. The molecule has 0 fully saturated rings. The van der Waals surface area contributed by atoms with Crippen molar-refractivity contribution in [2.75, 3.05) is 12.8 Å². The highest BCUT2D eigenvalue weighted by Crippen LogP contribution is 2.28. The van der Waals surface area contributed by atoms with Crippen molar-refractivity contribution in [3.63, 3.8) is 0 Å². The first-order valence-corrected chi connectivity index (χ1v) is 7.79. The molecular weight excluding hydrogens is 268 g/mol. The number of benzene rings is 1. The molecular formula is C16H22N2OS. The number of hydrogen-bond acceptors (Lipinski definition) is 4. The first-order valence-electron chi connectivity index (χ1n) is 6.81. The van der Waals surface area contributed by atoms with E-state index in [1.54, 1.807) is 18.0 Å². The highest BCUT2D eigenvalue weighted by Gasteiger charge is 2.16. The maximum absolute atomic E-state index is 5.40. The highest BCUT2D eigenvalue weighted by atomic mass is 32.2. The number of aryl methyl sites for hydroxylation is 4. The summed E-state index contributed by atoms with van der Waals surface area (Å²) in [5, 5.41) is 4.15. The molecule has 4 heteroatoms. The van der Waals surface area contributed by atoms with Crippen LogP contribution in [0.3, 0.4) is 0 Å². The molecule has 0 saturated carbocycles. The normalized spacial score (nSPS) is 12.7. The summed E-state index contributed by atoms with van der Waals surface area (Å²) in [6, 6.07) is 4.78. The molecule has 1 unspecified atom stereocenters. The Morgan fingerprint density at radius 1 is 1.20 bits per heavy atom. The van der Waals surface area contributed by atoms with Gasteiger partial charge in [0.05, 0.1) is 5.69 Å². The van der Waals surface area contributed by atoms with Crippen LogP contribution in [0, 0.1) is 27.7 Å². The van der Waals surface area contributed by atoms with E-state index in [9.17, 15) is 0 Å². The molecule has 1 aromatic heterocycles. The van der Waals surface area contributed by atoms with Crippen molar-refractivity contribution in [2.24, 2.45) is 0 Å². The monoisotopic (exact) mass is 290 g/mol. The Morgan fingerprint density at radius 3 is 2.35 bits per heavy atom.